The molecule has 0 radical (unpaired) electrons. The number of aromatic nitrogens is 2. The summed E-state index contributed by atoms with van der Waals surface area (Å²) in [5.74, 6) is 0. The number of rotatable bonds is 2. The van der Waals surface area contributed by atoms with Gasteiger partial charge in [-0.05, 0) is 22.6 Å². The Morgan fingerprint density at radius 2 is 2.08 bits per heavy atom. The second-order valence-electron chi connectivity index (χ2n) is 2.13. The molecule has 0 spiro atoms. The zero-order chi connectivity index (χ0) is 9.14. The number of hydrogen-bond acceptors (Lipinski definition) is 3. The molecule has 2 N–H and O–H groups in total. The predicted molar refractivity (Wildman–Crippen MR) is 51.1 cm³/mol. The topological polar surface area (TPSA) is 75.0 Å². The quantitative estimate of drug-likeness (QED) is 0.738. The van der Waals surface area contributed by atoms with Gasteiger partial charge in [-0.1, -0.05) is 0 Å². The summed E-state index contributed by atoms with van der Waals surface area (Å²) in [5, 5.41) is 0. The fourth-order valence-corrected chi connectivity index (χ4v) is 1.19. The van der Waals surface area contributed by atoms with Gasteiger partial charge < -0.3 is 9.72 Å². The molecule has 1 aromatic rings. The van der Waals surface area contributed by atoms with Gasteiger partial charge in [0.15, 0.2) is 0 Å². The van der Waals surface area contributed by atoms with Crippen molar-refractivity contribution in [1.29, 1.82) is 0 Å². The molecular formula is C6H7IN2O3. The highest BCUT2D eigenvalue weighted by molar-refractivity contribution is 14.1. The molecule has 1 heterocycles. The average molecular weight is 282 g/mol. The van der Waals surface area contributed by atoms with Crippen LogP contribution in [0.15, 0.2) is 9.59 Å². The fourth-order valence-electron chi connectivity index (χ4n) is 0.762. The van der Waals surface area contributed by atoms with Gasteiger partial charge in [0.05, 0.1) is 12.3 Å². The molecule has 0 aliphatic heterocycles. The normalized spacial score (nSPS) is 10.2. The van der Waals surface area contributed by atoms with Gasteiger partial charge in [-0.3, -0.25) is 9.78 Å². The third kappa shape index (κ3) is 1.95. The number of nitrogens with one attached hydrogen (secondary N) is 2. The SMILES string of the molecule is COCc1[nH]c(=O)[nH]c(=O)c1I. The van der Waals surface area contributed by atoms with E-state index in [9.17, 15) is 9.59 Å². The molecule has 1 aromatic heterocycles. The minimum absolute atomic E-state index is 0.234. The third-order valence-corrected chi connectivity index (χ3v) is 2.39. The van der Waals surface area contributed by atoms with E-state index in [1.807, 2.05) is 22.6 Å². The average Bonchev–Trinajstić information content (AvgIpc) is 2.00. The number of methoxy groups -OCH3 is 1. The molecule has 0 aliphatic rings. The van der Waals surface area contributed by atoms with E-state index >= 15 is 0 Å². The Hall–Kier alpha value is -0.630. The van der Waals surface area contributed by atoms with Crippen molar-refractivity contribution in [3.8, 4) is 0 Å². The van der Waals surface area contributed by atoms with Crippen molar-refractivity contribution in [1.82, 2.24) is 9.97 Å². The number of aromatic amines is 2. The molecule has 5 nitrogen and oxygen atoms in total. The monoisotopic (exact) mass is 282 g/mol. The van der Waals surface area contributed by atoms with Crippen LogP contribution in [0.25, 0.3) is 0 Å². The number of ether oxygens (including phenoxy) is 1. The first kappa shape index (κ1) is 9.46. The van der Waals surface area contributed by atoms with Gasteiger partial charge >= 0.3 is 5.69 Å². The van der Waals surface area contributed by atoms with Gasteiger partial charge in [0.2, 0.25) is 0 Å². The largest absolute Gasteiger partial charge is 0.378 e. The van der Waals surface area contributed by atoms with E-state index in [2.05, 4.69) is 9.97 Å². The Kier molecular flexibility index (Phi) is 3.04. The van der Waals surface area contributed by atoms with Crippen LogP contribution < -0.4 is 11.2 Å². The van der Waals surface area contributed by atoms with Gasteiger partial charge in [0, 0.05) is 7.11 Å². The summed E-state index contributed by atoms with van der Waals surface area (Å²) in [5.41, 5.74) is -0.384. The smallest absolute Gasteiger partial charge is 0.326 e. The van der Waals surface area contributed by atoms with Gasteiger partial charge in [-0.15, -0.1) is 0 Å². The lowest BCUT2D eigenvalue weighted by Crippen LogP contribution is -2.26. The van der Waals surface area contributed by atoms with Crippen molar-refractivity contribution in [3.05, 3.63) is 30.1 Å². The third-order valence-electron chi connectivity index (χ3n) is 1.24. The standard InChI is InChI=1S/C6H7IN2O3/c1-12-2-3-4(7)5(10)9-6(11)8-3/h2H2,1H3,(H2,8,9,10,11). The molecule has 0 fully saturated rings. The number of hydrogen-bond donors (Lipinski definition) is 2. The lowest BCUT2D eigenvalue weighted by atomic mass is 10.4. The summed E-state index contributed by atoms with van der Waals surface area (Å²) in [6, 6.07) is 0. The summed E-state index contributed by atoms with van der Waals surface area (Å²) in [6.07, 6.45) is 0. The highest BCUT2D eigenvalue weighted by atomic mass is 127. The van der Waals surface area contributed by atoms with E-state index in [-0.39, 0.29) is 12.2 Å². The Morgan fingerprint density at radius 3 is 2.67 bits per heavy atom. The molecule has 0 atom stereocenters. The zero-order valence-corrected chi connectivity index (χ0v) is 8.47. The second kappa shape index (κ2) is 3.85. The van der Waals surface area contributed by atoms with Crippen LogP contribution in [-0.2, 0) is 11.3 Å². The van der Waals surface area contributed by atoms with Crippen LogP contribution >= 0.6 is 22.6 Å². The summed E-state index contributed by atoms with van der Waals surface area (Å²) in [6.45, 7) is 0.234. The lowest BCUT2D eigenvalue weighted by molar-refractivity contribution is 0.180. The van der Waals surface area contributed by atoms with E-state index < -0.39 is 5.69 Å². The van der Waals surface area contributed by atoms with Crippen molar-refractivity contribution >= 4 is 22.6 Å². The summed E-state index contributed by atoms with van der Waals surface area (Å²) >= 11 is 1.85. The molecule has 0 saturated heterocycles. The van der Waals surface area contributed by atoms with Crippen LogP contribution in [0.3, 0.4) is 0 Å². The number of halogens is 1. The lowest BCUT2D eigenvalue weighted by Gasteiger charge is -1.99. The van der Waals surface area contributed by atoms with Crippen LogP contribution in [0, 0.1) is 3.57 Å². The molecular weight excluding hydrogens is 275 g/mol. The molecule has 0 aliphatic carbocycles. The molecule has 0 amide bonds. The summed E-state index contributed by atoms with van der Waals surface area (Å²) in [7, 11) is 1.50. The minimum Gasteiger partial charge on any atom is -0.378 e. The highest BCUT2D eigenvalue weighted by Crippen LogP contribution is 2.01. The fraction of sp³-hybridized carbons (Fsp3) is 0.333. The van der Waals surface area contributed by atoms with Gasteiger partial charge in [-0.2, -0.15) is 0 Å². The maximum Gasteiger partial charge on any atom is 0.326 e. The zero-order valence-electron chi connectivity index (χ0n) is 6.31. The van der Waals surface area contributed by atoms with Crippen molar-refractivity contribution in [2.75, 3.05) is 7.11 Å². The van der Waals surface area contributed by atoms with Crippen LogP contribution in [0.2, 0.25) is 0 Å². The molecule has 0 saturated carbocycles. The van der Waals surface area contributed by atoms with E-state index in [0.29, 0.717) is 9.26 Å². The van der Waals surface area contributed by atoms with Crippen LogP contribution in [0.5, 0.6) is 0 Å². The first-order valence-electron chi connectivity index (χ1n) is 3.15. The van der Waals surface area contributed by atoms with Gasteiger partial charge in [0.1, 0.15) is 3.57 Å². The Morgan fingerprint density at radius 1 is 1.42 bits per heavy atom. The number of H-pyrrole nitrogens is 2. The highest BCUT2D eigenvalue weighted by Gasteiger charge is 2.04. The molecule has 12 heavy (non-hydrogen) atoms. The molecule has 66 valence electrons. The van der Waals surface area contributed by atoms with E-state index in [1.54, 1.807) is 0 Å². The summed E-state index contributed by atoms with van der Waals surface area (Å²) < 4.78 is 5.24. The molecule has 0 bridgehead atoms. The van der Waals surface area contributed by atoms with Crippen molar-refractivity contribution in [2.45, 2.75) is 6.61 Å². The predicted octanol–water partition coefficient (Wildman–Crippen LogP) is -0.186. The van der Waals surface area contributed by atoms with E-state index in [4.69, 9.17) is 4.74 Å². The summed E-state index contributed by atoms with van der Waals surface area (Å²) in [4.78, 5) is 26.3. The van der Waals surface area contributed by atoms with Crippen LogP contribution in [0.1, 0.15) is 5.69 Å². The Labute approximate surface area is 81.3 Å². The second-order valence-corrected chi connectivity index (χ2v) is 3.21. The molecule has 0 aromatic carbocycles. The maximum absolute atomic E-state index is 11.0. The molecule has 1 rings (SSSR count). The van der Waals surface area contributed by atoms with Crippen LogP contribution in [0.4, 0.5) is 0 Å². The van der Waals surface area contributed by atoms with Crippen LogP contribution in [-0.4, -0.2) is 17.1 Å². The van der Waals surface area contributed by atoms with Gasteiger partial charge in [-0.25, -0.2) is 4.79 Å². The van der Waals surface area contributed by atoms with Crippen molar-refractivity contribution < 1.29 is 4.74 Å². The maximum atomic E-state index is 11.0. The first-order valence-corrected chi connectivity index (χ1v) is 4.23. The van der Waals surface area contributed by atoms with Crippen molar-refractivity contribution in [3.63, 3.8) is 0 Å². The molecule has 0 unspecified atom stereocenters. The Balaban J connectivity index is 3.28. The Bertz CT molecular complexity index is 381. The molecule has 6 heteroatoms. The van der Waals surface area contributed by atoms with Gasteiger partial charge in [0.25, 0.3) is 5.56 Å². The first-order chi connectivity index (χ1) is 5.65. The van der Waals surface area contributed by atoms with Crippen molar-refractivity contribution in [2.24, 2.45) is 0 Å². The van der Waals surface area contributed by atoms with E-state index in [1.165, 1.54) is 7.11 Å². The minimum atomic E-state index is -0.507. The van der Waals surface area contributed by atoms with E-state index in [0.717, 1.165) is 0 Å².